The molecule has 0 bridgehead atoms. The predicted molar refractivity (Wildman–Crippen MR) is 118 cm³/mol. The molecule has 0 unspecified atom stereocenters. The normalized spacial score (nSPS) is 16.4. The van der Waals surface area contributed by atoms with Crippen LogP contribution in [0.15, 0.2) is 35.4 Å². The summed E-state index contributed by atoms with van der Waals surface area (Å²) in [5.74, 6) is 3.28. The lowest BCUT2D eigenvalue weighted by molar-refractivity contribution is 0.152. The van der Waals surface area contributed by atoms with E-state index in [-0.39, 0.29) is 12.1 Å². The van der Waals surface area contributed by atoms with E-state index in [2.05, 4.69) is 31.5 Å². The third kappa shape index (κ3) is 5.32. The third-order valence-electron chi connectivity index (χ3n) is 4.64. The van der Waals surface area contributed by atoms with Gasteiger partial charge in [0.05, 0.1) is 25.2 Å². The second-order valence-electron chi connectivity index (χ2n) is 6.93. The first kappa shape index (κ1) is 20.3. The van der Waals surface area contributed by atoms with Gasteiger partial charge in [-0.2, -0.15) is 15.1 Å². The minimum atomic E-state index is -0.310. The van der Waals surface area contributed by atoms with E-state index in [1.165, 1.54) is 5.56 Å². The summed E-state index contributed by atoms with van der Waals surface area (Å²) in [4.78, 5) is 24.3. The maximum Gasteiger partial charge on any atom is 0.410 e. The van der Waals surface area contributed by atoms with Crippen LogP contribution in [-0.2, 0) is 4.74 Å². The Morgan fingerprint density at radius 1 is 1.33 bits per heavy atom. The molecule has 0 radical (unpaired) electrons. The summed E-state index contributed by atoms with van der Waals surface area (Å²) in [6.45, 7) is 4.69. The summed E-state index contributed by atoms with van der Waals surface area (Å²) in [6, 6.07) is 10.2. The number of carbonyl (C=O) groups excluding carboxylic acids is 1. The van der Waals surface area contributed by atoms with E-state index in [0.29, 0.717) is 32.1 Å². The molecule has 10 heteroatoms. The van der Waals surface area contributed by atoms with E-state index in [9.17, 15) is 4.79 Å². The van der Waals surface area contributed by atoms with Crippen LogP contribution in [0.25, 0.3) is 0 Å². The molecule has 0 atom stereocenters. The molecule has 1 aromatic carbocycles. The average Bonchev–Trinajstić information content (AvgIpc) is 3.40. The number of nitrogens with one attached hydrogen (secondary N) is 1. The summed E-state index contributed by atoms with van der Waals surface area (Å²) < 4.78 is 10.7. The Morgan fingerprint density at radius 2 is 2.27 bits per heavy atom. The van der Waals surface area contributed by atoms with E-state index in [1.54, 1.807) is 11.1 Å². The number of nitrogens with zero attached hydrogens (tertiary/aromatic N) is 5. The fourth-order valence-corrected chi connectivity index (χ4v) is 4.05. The van der Waals surface area contributed by atoms with Crippen molar-refractivity contribution in [1.29, 1.82) is 0 Å². The van der Waals surface area contributed by atoms with Gasteiger partial charge < -0.3 is 19.3 Å². The highest BCUT2D eigenvalue weighted by molar-refractivity contribution is 7.99. The molecule has 0 spiro atoms. The van der Waals surface area contributed by atoms with Crippen molar-refractivity contribution < 1.29 is 14.3 Å². The molecular formula is C20H24N6O3S. The molecule has 2 aromatic rings. The van der Waals surface area contributed by atoms with Gasteiger partial charge in [0.25, 0.3) is 0 Å². The fraction of sp³-hybridized carbons (Fsp3) is 0.400. The van der Waals surface area contributed by atoms with Crippen LogP contribution in [-0.4, -0.2) is 71.7 Å². The van der Waals surface area contributed by atoms with Crippen LogP contribution in [0, 0.1) is 6.92 Å². The number of hydrazone groups is 1. The standard InChI is InChI=1S/C20H24N6O3S/c1-15-3-2-4-16(11-15)13-21-24-17-12-18(26-7-10-30-14-26)23-19(22-17)28-8-5-25-6-9-29-20(25)27/h2-4,11-13H,5-10,14H2,1H3,(H,22,23,24)/b21-13+. The van der Waals surface area contributed by atoms with Gasteiger partial charge in [-0.1, -0.05) is 29.8 Å². The van der Waals surface area contributed by atoms with E-state index in [4.69, 9.17) is 9.47 Å². The maximum atomic E-state index is 11.5. The molecule has 30 heavy (non-hydrogen) atoms. The average molecular weight is 429 g/mol. The molecule has 2 aliphatic rings. The Labute approximate surface area is 179 Å². The van der Waals surface area contributed by atoms with Gasteiger partial charge in [-0.05, 0) is 12.5 Å². The van der Waals surface area contributed by atoms with Crippen molar-refractivity contribution in [2.24, 2.45) is 5.10 Å². The predicted octanol–water partition coefficient (Wildman–Crippen LogP) is 2.57. The highest BCUT2D eigenvalue weighted by Crippen LogP contribution is 2.25. The largest absolute Gasteiger partial charge is 0.461 e. The first-order chi connectivity index (χ1) is 14.7. The van der Waals surface area contributed by atoms with E-state index in [1.807, 2.05) is 43.0 Å². The van der Waals surface area contributed by atoms with Gasteiger partial charge in [-0.3, -0.25) is 5.43 Å². The number of aromatic nitrogens is 2. The first-order valence-electron chi connectivity index (χ1n) is 9.79. The first-order valence-corrected chi connectivity index (χ1v) is 10.9. The van der Waals surface area contributed by atoms with Crippen LogP contribution in [0.5, 0.6) is 6.01 Å². The Balaban J connectivity index is 1.43. The molecule has 0 saturated carbocycles. The lowest BCUT2D eigenvalue weighted by Gasteiger charge is -2.17. The molecule has 2 saturated heterocycles. The second-order valence-corrected chi connectivity index (χ2v) is 8.00. The van der Waals surface area contributed by atoms with Crippen LogP contribution in [0.3, 0.4) is 0 Å². The third-order valence-corrected chi connectivity index (χ3v) is 5.61. The highest BCUT2D eigenvalue weighted by atomic mass is 32.2. The minimum absolute atomic E-state index is 0.255. The number of hydrogen-bond donors (Lipinski definition) is 1. The summed E-state index contributed by atoms with van der Waals surface area (Å²) in [5.41, 5.74) is 5.15. The number of cyclic esters (lactones) is 1. The molecule has 9 nitrogen and oxygen atoms in total. The van der Waals surface area contributed by atoms with Gasteiger partial charge in [0.1, 0.15) is 19.0 Å². The maximum absolute atomic E-state index is 11.5. The Morgan fingerprint density at radius 3 is 3.03 bits per heavy atom. The highest BCUT2D eigenvalue weighted by Gasteiger charge is 2.22. The SMILES string of the molecule is Cc1cccc(/C=N/Nc2cc(N3CCSC3)nc(OCCN3CCOC3=O)n2)c1. The second kappa shape index (κ2) is 9.66. The molecule has 2 fully saturated rings. The summed E-state index contributed by atoms with van der Waals surface area (Å²) in [6.07, 6.45) is 1.44. The number of amides is 1. The van der Waals surface area contributed by atoms with Crippen molar-refractivity contribution in [3.8, 4) is 6.01 Å². The topological polar surface area (TPSA) is 92.2 Å². The van der Waals surface area contributed by atoms with Gasteiger partial charge in [-0.15, -0.1) is 11.8 Å². The van der Waals surface area contributed by atoms with Crippen molar-refractivity contribution in [1.82, 2.24) is 14.9 Å². The zero-order chi connectivity index (χ0) is 20.8. The molecule has 1 amide bonds. The van der Waals surface area contributed by atoms with Crippen molar-refractivity contribution in [3.05, 3.63) is 41.5 Å². The molecule has 0 aliphatic carbocycles. The number of hydrogen-bond acceptors (Lipinski definition) is 9. The van der Waals surface area contributed by atoms with Gasteiger partial charge in [0.15, 0.2) is 5.82 Å². The van der Waals surface area contributed by atoms with Crippen LogP contribution < -0.4 is 15.1 Å². The quantitative estimate of drug-likeness (QED) is 0.507. The number of carbonyl (C=O) groups is 1. The number of benzene rings is 1. The Bertz CT molecular complexity index is 919. The van der Waals surface area contributed by atoms with Crippen LogP contribution in [0.2, 0.25) is 0 Å². The molecule has 1 N–H and O–H groups in total. The number of ether oxygens (including phenoxy) is 2. The zero-order valence-electron chi connectivity index (χ0n) is 16.8. The molecule has 158 valence electrons. The van der Waals surface area contributed by atoms with Gasteiger partial charge in [0, 0.05) is 18.4 Å². The number of rotatable bonds is 8. The van der Waals surface area contributed by atoms with Crippen molar-refractivity contribution >= 4 is 35.7 Å². The summed E-state index contributed by atoms with van der Waals surface area (Å²) >= 11 is 1.86. The van der Waals surface area contributed by atoms with E-state index in [0.717, 1.165) is 29.6 Å². The molecule has 3 heterocycles. The van der Waals surface area contributed by atoms with Gasteiger partial charge in [0.2, 0.25) is 0 Å². The van der Waals surface area contributed by atoms with Gasteiger partial charge >= 0.3 is 12.1 Å². The lowest BCUT2D eigenvalue weighted by Crippen LogP contribution is -2.29. The van der Waals surface area contributed by atoms with E-state index >= 15 is 0 Å². The zero-order valence-corrected chi connectivity index (χ0v) is 17.6. The fourth-order valence-electron chi connectivity index (χ4n) is 3.09. The smallest absolute Gasteiger partial charge is 0.410 e. The van der Waals surface area contributed by atoms with Crippen molar-refractivity contribution in [2.45, 2.75) is 6.92 Å². The van der Waals surface area contributed by atoms with Crippen LogP contribution >= 0.6 is 11.8 Å². The summed E-state index contributed by atoms with van der Waals surface area (Å²) in [5, 5.41) is 4.30. The van der Waals surface area contributed by atoms with Crippen LogP contribution in [0.1, 0.15) is 11.1 Å². The Hall–Kier alpha value is -3.01. The number of anilines is 2. The van der Waals surface area contributed by atoms with Crippen molar-refractivity contribution in [3.63, 3.8) is 0 Å². The Kier molecular flexibility index (Phi) is 6.53. The molecule has 1 aromatic heterocycles. The molecular weight excluding hydrogens is 404 g/mol. The van der Waals surface area contributed by atoms with Crippen LogP contribution in [0.4, 0.5) is 16.4 Å². The molecule has 4 rings (SSSR count). The summed E-state index contributed by atoms with van der Waals surface area (Å²) in [7, 11) is 0. The van der Waals surface area contributed by atoms with Crippen molar-refractivity contribution in [2.75, 3.05) is 54.8 Å². The lowest BCUT2D eigenvalue weighted by atomic mass is 10.2. The number of thioether (sulfide) groups is 1. The monoisotopic (exact) mass is 428 g/mol. The van der Waals surface area contributed by atoms with E-state index < -0.39 is 0 Å². The molecule has 2 aliphatic heterocycles. The number of aryl methyl sites for hydroxylation is 1. The minimum Gasteiger partial charge on any atom is -0.461 e. The van der Waals surface area contributed by atoms with Gasteiger partial charge in [-0.25, -0.2) is 4.79 Å².